The smallest absolute Gasteiger partial charge is 0.303 e. The first-order valence-electron chi connectivity index (χ1n) is 9.62. The molecule has 1 aromatic carbocycles. The molecule has 0 radical (unpaired) electrons. The summed E-state index contributed by atoms with van der Waals surface area (Å²) in [6.45, 7) is 0. The van der Waals surface area contributed by atoms with E-state index in [4.69, 9.17) is 9.84 Å². The minimum Gasteiger partial charge on any atom is -0.497 e. The SMILES string of the molecule is COc1ccc(C(=O)C=C[C@@H]2CCC(=O)[C@H]2CCCCCCC(=O)O)cc1. The average molecular weight is 372 g/mol. The minimum atomic E-state index is -0.757. The number of methoxy groups -OCH3 is 1. The molecule has 1 fully saturated rings. The number of allylic oxidation sites excluding steroid dienone is 2. The lowest BCUT2D eigenvalue weighted by molar-refractivity contribution is -0.137. The molecule has 0 saturated heterocycles. The van der Waals surface area contributed by atoms with Crippen LogP contribution < -0.4 is 4.74 Å². The van der Waals surface area contributed by atoms with Crippen molar-refractivity contribution in [2.24, 2.45) is 11.8 Å². The number of Topliss-reactive ketones (excluding diaryl/α,β-unsaturated/α-hetero) is 1. The quantitative estimate of drug-likeness (QED) is 0.352. The predicted molar refractivity (Wildman–Crippen MR) is 103 cm³/mol. The molecular formula is C22H28O5. The van der Waals surface area contributed by atoms with Gasteiger partial charge in [-0.3, -0.25) is 14.4 Å². The summed E-state index contributed by atoms with van der Waals surface area (Å²) in [5, 5.41) is 8.64. The molecule has 5 nitrogen and oxygen atoms in total. The number of hydrogen-bond acceptors (Lipinski definition) is 4. The molecule has 0 amide bonds. The summed E-state index contributed by atoms with van der Waals surface area (Å²) in [7, 11) is 1.58. The number of ketones is 2. The number of carboxylic acid groups (broad SMARTS) is 1. The highest BCUT2D eigenvalue weighted by molar-refractivity contribution is 6.04. The van der Waals surface area contributed by atoms with Crippen LogP contribution in [0.2, 0.25) is 0 Å². The maximum absolute atomic E-state index is 12.3. The van der Waals surface area contributed by atoms with Crippen LogP contribution in [-0.2, 0) is 9.59 Å². The Kier molecular flexibility index (Phi) is 8.24. The normalized spacial score (nSPS) is 19.5. The van der Waals surface area contributed by atoms with Crippen LogP contribution in [-0.4, -0.2) is 29.8 Å². The van der Waals surface area contributed by atoms with E-state index in [0.717, 1.165) is 32.1 Å². The van der Waals surface area contributed by atoms with Crippen LogP contribution in [0.4, 0.5) is 0 Å². The maximum atomic E-state index is 12.3. The molecule has 1 saturated carbocycles. The molecule has 2 atom stereocenters. The van der Waals surface area contributed by atoms with Crippen molar-refractivity contribution in [2.75, 3.05) is 7.11 Å². The van der Waals surface area contributed by atoms with E-state index in [-0.39, 0.29) is 29.8 Å². The van der Waals surface area contributed by atoms with Gasteiger partial charge in [-0.05, 0) is 55.5 Å². The number of benzene rings is 1. The number of aliphatic carboxylic acids is 1. The Hall–Kier alpha value is -2.43. The molecule has 1 aliphatic rings. The molecule has 0 spiro atoms. The first kappa shape index (κ1) is 20.9. The summed E-state index contributed by atoms with van der Waals surface area (Å²) in [6.07, 6.45) is 9.32. The van der Waals surface area contributed by atoms with Crippen molar-refractivity contribution in [3.63, 3.8) is 0 Å². The molecule has 1 aromatic rings. The molecule has 5 heteroatoms. The van der Waals surface area contributed by atoms with E-state index in [1.807, 2.05) is 6.08 Å². The van der Waals surface area contributed by atoms with Crippen molar-refractivity contribution >= 4 is 17.5 Å². The van der Waals surface area contributed by atoms with Crippen LogP contribution in [0.15, 0.2) is 36.4 Å². The van der Waals surface area contributed by atoms with E-state index >= 15 is 0 Å². The second-order valence-corrected chi connectivity index (χ2v) is 7.07. The van der Waals surface area contributed by atoms with Gasteiger partial charge in [0.1, 0.15) is 11.5 Å². The fourth-order valence-electron chi connectivity index (χ4n) is 3.60. The monoisotopic (exact) mass is 372 g/mol. The van der Waals surface area contributed by atoms with Crippen LogP contribution in [0.1, 0.15) is 61.7 Å². The number of carbonyl (C=O) groups excluding carboxylic acids is 2. The second kappa shape index (κ2) is 10.7. The molecule has 146 valence electrons. The molecule has 1 N–H and O–H groups in total. The lowest BCUT2D eigenvalue weighted by Crippen LogP contribution is -2.13. The molecule has 0 aliphatic heterocycles. The van der Waals surface area contributed by atoms with Gasteiger partial charge in [0, 0.05) is 24.3 Å². The zero-order valence-corrected chi connectivity index (χ0v) is 15.9. The van der Waals surface area contributed by atoms with E-state index in [0.29, 0.717) is 24.2 Å². The van der Waals surface area contributed by atoms with Gasteiger partial charge < -0.3 is 9.84 Å². The van der Waals surface area contributed by atoms with Crippen LogP contribution in [0, 0.1) is 11.8 Å². The lowest BCUT2D eigenvalue weighted by atomic mass is 9.89. The van der Waals surface area contributed by atoms with E-state index in [9.17, 15) is 14.4 Å². The van der Waals surface area contributed by atoms with Gasteiger partial charge in [0.05, 0.1) is 7.11 Å². The third-order valence-corrected chi connectivity index (χ3v) is 5.18. The van der Waals surface area contributed by atoms with E-state index in [2.05, 4.69) is 0 Å². The zero-order valence-electron chi connectivity index (χ0n) is 15.9. The Morgan fingerprint density at radius 3 is 2.52 bits per heavy atom. The summed E-state index contributed by atoms with van der Waals surface area (Å²) in [6, 6.07) is 6.99. The zero-order chi connectivity index (χ0) is 19.6. The van der Waals surface area contributed by atoms with Gasteiger partial charge in [-0.2, -0.15) is 0 Å². The fourth-order valence-corrected chi connectivity index (χ4v) is 3.60. The first-order chi connectivity index (χ1) is 13.0. The summed E-state index contributed by atoms with van der Waals surface area (Å²) in [5.41, 5.74) is 0.603. The van der Waals surface area contributed by atoms with Crippen molar-refractivity contribution in [3.8, 4) is 5.75 Å². The largest absolute Gasteiger partial charge is 0.497 e. The van der Waals surface area contributed by atoms with Crippen molar-refractivity contribution < 1.29 is 24.2 Å². The summed E-state index contributed by atoms with van der Waals surface area (Å²) in [4.78, 5) is 35.0. The molecule has 0 unspecified atom stereocenters. The van der Waals surface area contributed by atoms with E-state index in [1.165, 1.54) is 0 Å². The average Bonchev–Trinajstić information content (AvgIpc) is 3.02. The molecule has 1 aliphatic carbocycles. The van der Waals surface area contributed by atoms with Gasteiger partial charge in [0.15, 0.2) is 5.78 Å². The second-order valence-electron chi connectivity index (χ2n) is 7.07. The Labute approximate surface area is 160 Å². The lowest BCUT2D eigenvalue weighted by Gasteiger charge is -2.14. The third-order valence-electron chi connectivity index (χ3n) is 5.18. The van der Waals surface area contributed by atoms with E-state index in [1.54, 1.807) is 37.5 Å². The van der Waals surface area contributed by atoms with Gasteiger partial charge in [0.2, 0.25) is 0 Å². The maximum Gasteiger partial charge on any atom is 0.303 e. The van der Waals surface area contributed by atoms with Crippen LogP contribution in [0.25, 0.3) is 0 Å². The number of carboxylic acids is 1. The van der Waals surface area contributed by atoms with Gasteiger partial charge >= 0.3 is 5.97 Å². The summed E-state index contributed by atoms with van der Waals surface area (Å²) < 4.78 is 5.09. The molecule has 0 aromatic heterocycles. The Bertz CT molecular complexity index is 674. The predicted octanol–water partition coefficient (Wildman–Crippen LogP) is 4.45. The number of unbranched alkanes of at least 4 members (excludes halogenated alkanes) is 3. The molecule has 27 heavy (non-hydrogen) atoms. The number of hydrogen-bond donors (Lipinski definition) is 1. The molecule has 0 bridgehead atoms. The minimum absolute atomic E-state index is 0.00982. The Balaban J connectivity index is 1.82. The van der Waals surface area contributed by atoms with Crippen molar-refractivity contribution in [2.45, 2.75) is 51.4 Å². The first-order valence-corrected chi connectivity index (χ1v) is 9.62. The summed E-state index contributed by atoms with van der Waals surface area (Å²) >= 11 is 0. The van der Waals surface area contributed by atoms with Gasteiger partial charge in [0.25, 0.3) is 0 Å². The van der Waals surface area contributed by atoms with Gasteiger partial charge in [-0.1, -0.05) is 25.3 Å². The van der Waals surface area contributed by atoms with Gasteiger partial charge in [-0.15, -0.1) is 0 Å². The molecule has 0 heterocycles. The topological polar surface area (TPSA) is 80.7 Å². The number of ether oxygens (including phenoxy) is 1. The van der Waals surface area contributed by atoms with Crippen LogP contribution >= 0.6 is 0 Å². The van der Waals surface area contributed by atoms with Crippen LogP contribution in [0.3, 0.4) is 0 Å². The van der Waals surface area contributed by atoms with Gasteiger partial charge in [-0.25, -0.2) is 0 Å². The van der Waals surface area contributed by atoms with Crippen LogP contribution in [0.5, 0.6) is 5.75 Å². The molecular weight excluding hydrogens is 344 g/mol. The fraction of sp³-hybridized carbons (Fsp3) is 0.500. The third kappa shape index (κ3) is 6.66. The van der Waals surface area contributed by atoms with Crippen molar-refractivity contribution in [3.05, 3.63) is 42.0 Å². The Morgan fingerprint density at radius 1 is 1.15 bits per heavy atom. The standard InChI is InChI=1S/C22H28O5/c1-27-18-12-8-17(9-13-18)20(23)14-10-16-11-15-21(24)19(16)6-4-2-3-5-7-22(25)26/h8-10,12-14,16,19H,2-7,11,15H2,1H3,(H,25,26)/t16-,19+/m1/s1. The highest BCUT2D eigenvalue weighted by Gasteiger charge is 2.32. The highest BCUT2D eigenvalue weighted by Crippen LogP contribution is 2.34. The summed E-state index contributed by atoms with van der Waals surface area (Å²) in [5.74, 6) is 0.285. The highest BCUT2D eigenvalue weighted by atomic mass is 16.5. The van der Waals surface area contributed by atoms with Crippen molar-refractivity contribution in [1.82, 2.24) is 0 Å². The van der Waals surface area contributed by atoms with E-state index < -0.39 is 5.97 Å². The Morgan fingerprint density at radius 2 is 1.85 bits per heavy atom. The van der Waals surface area contributed by atoms with Crippen molar-refractivity contribution in [1.29, 1.82) is 0 Å². The number of carbonyl (C=O) groups is 3. The molecule has 2 rings (SSSR count). The number of rotatable bonds is 11.